The molecule has 0 aliphatic carbocycles. The predicted octanol–water partition coefficient (Wildman–Crippen LogP) is 5.26. The molecule has 1 atom stereocenters. The Hall–Kier alpha value is -2.04. The molecule has 0 saturated carbocycles. The van der Waals surface area contributed by atoms with E-state index in [1.54, 1.807) is 19.1 Å². The Kier molecular flexibility index (Phi) is 5.61. The quantitative estimate of drug-likeness (QED) is 0.437. The van der Waals surface area contributed by atoms with Crippen molar-refractivity contribution in [2.45, 2.75) is 25.0 Å². The normalized spacial score (nSPS) is 12.2. The van der Waals surface area contributed by atoms with E-state index in [1.807, 2.05) is 36.4 Å². The molecule has 3 nitrogen and oxygen atoms in total. The third-order valence-electron chi connectivity index (χ3n) is 4.27. The van der Waals surface area contributed by atoms with Crippen LogP contribution in [0.3, 0.4) is 0 Å². The molecule has 0 spiro atoms. The van der Waals surface area contributed by atoms with Crippen LogP contribution in [0.5, 0.6) is 0 Å². The molecule has 0 bridgehead atoms. The molecule has 3 aromatic rings. The highest BCUT2D eigenvalue weighted by Gasteiger charge is 2.28. The highest BCUT2D eigenvalue weighted by Crippen LogP contribution is 2.32. The van der Waals surface area contributed by atoms with Gasteiger partial charge in [0.1, 0.15) is 11.3 Å². The van der Waals surface area contributed by atoms with Crippen molar-refractivity contribution in [3.05, 3.63) is 69.9 Å². The lowest BCUT2D eigenvalue weighted by atomic mass is 10.0. The highest BCUT2D eigenvalue weighted by atomic mass is 35.5. The topological polar surface area (TPSA) is 47.3 Å². The summed E-state index contributed by atoms with van der Waals surface area (Å²) < 4.78 is 17.8. The zero-order valence-electron chi connectivity index (χ0n) is 13.8. The van der Waals surface area contributed by atoms with Crippen molar-refractivity contribution in [1.29, 1.82) is 0 Å². The van der Waals surface area contributed by atoms with Gasteiger partial charge in [-0.25, -0.2) is 0 Å². The molecule has 0 fully saturated rings. The number of alkyl halides is 1. The predicted molar refractivity (Wildman–Crippen MR) is 103 cm³/mol. The minimum atomic E-state index is -0.295. The molecule has 2 aromatic carbocycles. The monoisotopic (exact) mass is 373 g/mol. The molecule has 1 unspecified atom stereocenters. The third-order valence-corrected chi connectivity index (χ3v) is 5.26. The summed E-state index contributed by atoms with van der Waals surface area (Å²) in [6, 6.07) is 15.0. The molecule has 1 heterocycles. The largest absolute Gasteiger partial charge is 0.467 e. The fourth-order valence-corrected chi connectivity index (χ4v) is 3.67. The second-order valence-electron chi connectivity index (χ2n) is 5.89. The summed E-state index contributed by atoms with van der Waals surface area (Å²) in [6.45, 7) is 1.77. The Morgan fingerprint density at radius 1 is 1.12 bits per heavy atom. The molecule has 0 aliphatic rings. The minimum absolute atomic E-state index is 0.0612. The lowest BCUT2D eigenvalue weighted by Gasteiger charge is -2.10. The molecular formula is C20H18ClO3S+. The maximum absolute atomic E-state index is 12.8. The number of halogens is 1. The van der Waals surface area contributed by atoms with Crippen LogP contribution < -0.4 is 5.43 Å². The molecule has 0 radical (unpaired) electrons. The Labute approximate surface area is 155 Å². The van der Waals surface area contributed by atoms with Gasteiger partial charge in [0.15, 0.2) is 5.43 Å². The molecule has 0 aliphatic heterocycles. The third kappa shape index (κ3) is 3.51. The molecule has 0 N–H and O–H groups in total. The van der Waals surface area contributed by atoms with Crippen LogP contribution in [0.25, 0.3) is 22.3 Å². The SMILES string of the molecule is Cc1c(-c2ccccc2)oc2c(C(CCCCl)[S+]=O)cccc2c1=O. The fourth-order valence-electron chi connectivity index (χ4n) is 2.97. The summed E-state index contributed by atoms with van der Waals surface area (Å²) in [6.07, 6.45) is 1.38. The average Bonchev–Trinajstić information content (AvgIpc) is 2.66. The van der Waals surface area contributed by atoms with Crippen molar-refractivity contribution in [2.24, 2.45) is 0 Å². The first-order valence-electron chi connectivity index (χ1n) is 8.13. The van der Waals surface area contributed by atoms with Gasteiger partial charge in [-0.1, -0.05) is 36.4 Å². The van der Waals surface area contributed by atoms with Gasteiger partial charge in [-0.2, -0.15) is 0 Å². The lowest BCUT2D eigenvalue weighted by Crippen LogP contribution is -2.09. The van der Waals surface area contributed by atoms with Crippen LogP contribution in [0.15, 0.2) is 57.7 Å². The van der Waals surface area contributed by atoms with Crippen molar-refractivity contribution in [3.63, 3.8) is 0 Å². The summed E-state index contributed by atoms with van der Waals surface area (Å²) in [7, 11) is 0. The minimum Gasteiger partial charge on any atom is -0.455 e. The van der Waals surface area contributed by atoms with Gasteiger partial charge in [0.2, 0.25) is 0 Å². The number of benzene rings is 2. The van der Waals surface area contributed by atoms with Crippen molar-refractivity contribution in [2.75, 3.05) is 5.88 Å². The maximum atomic E-state index is 12.8. The Balaban J connectivity index is 2.25. The first kappa shape index (κ1) is 17.8. The summed E-state index contributed by atoms with van der Waals surface area (Å²) >= 11 is 6.29. The van der Waals surface area contributed by atoms with Crippen LogP contribution in [-0.2, 0) is 15.9 Å². The maximum Gasteiger partial charge on any atom is 0.467 e. The zero-order chi connectivity index (χ0) is 17.8. The number of rotatable bonds is 6. The van der Waals surface area contributed by atoms with Crippen molar-refractivity contribution >= 4 is 34.2 Å². The number of hydrogen-bond donors (Lipinski definition) is 0. The summed E-state index contributed by atoms with van der Waals surface area (Å²) in [5.74, 6) is 1.05. The van der Waals surface area contributed by atoms with Gasteiger partial charge in [-0.05, 0) is 25.5 Å². The van der Waals surface area contributed by atoms with E-state index in [1.165, 1.54) is 0 Å². The van der Waals surface area contributed by atoms with Gasteiger partial charge in [-0.15, -0.1) is 11.6 Å². The summed E-state index contributed by atoms with van der Waals surface area (Å²) in [4.78, 5) is 12.8. The van der Waals surface area contributed by atoms with Crippen LogP contribution in [0.4, 0.5) is 0 Å². The molecule has 128 valence electrons. The van der Waals surface area contributed by atoms with Crippen LogP contribution in [0.2, 0.25) is 0 Å². The van der Waals surface area contributed by atoms with Crippen molar-refractivity contribution in [1.82, 2.24) is 0 Å². The smallest absolute Gasteiger partial charge is 0.455 e. The van der Waals surface area contributed by atoms with Crippen LogP contribution in [0.1, 0.15) is 29.2 Å². The van der Waals surface area contributed by atoms with Gasteiger partial charge >= 0.3 is 11.7 Å². The molecule has 0 amide bonds. The summed E-state index contributed by atoms with van der Waals surface area (Å²) in [5.41, 5.74) is 2.62. The summed E-state index contributed by atoms with van der Waals surface area (Å²) in [5, 5.41) is 0.219. The van der Waals surface area contributed by atoms with Gasteiger partial charge < -0.3 is 4.42 Å². The number of hydrogen-bond acceptors (Lipinski definition) is 3. The van der Waals surface area contributed by atoms with E-state index in [9.17, 15) is 9.00 Å². The van der Waals surface area contributed by atoms with E-state index in [4.69, 9.17) is 16.0 Å². The molecular weight excluding hydrogens is 356 g/mol. The van der Waals surface area contributed by atoms with E-state index in [0.717, 1.165) is 17.5 Å². The van der Waals surface area contributed by atoms with Gasteiger partial charge in [0.05, 0.1) is 10.9 Å². The van der Waals surface area contributed by atoms with Gasteiger partial charge in [0.25, 0.3) is 5.25 Å². The van der Waals surface area contributed by atoms with E-state index < -0.39 is 0 Å². The molecule has 5 heteroatoms. The van der Waals surface area contributed by atoms with Crippen molar-refractivity contribution < 1.29 is 8.63 Å². The van der Waals surface area contributed by atoms with Crippen LogP contribution >= 0.6 is 11.6 Å². The van der Waals surface area contributed by atoms with E-state index in [-0.39, 0.29) is 10.7 Å². The standard InChI is InChI=1S/C20H18ClO3S/c1-13-18(22)16-10-5-9-15(17(25-23)11-6-12-21)20(16)24-19(13)14-7-3-2-4-8-14/h2-5,7-10,17H,6,11-12H2,1H3/q+1. The van der Waals surface area contributed by atoms with E-state index >= 15 is 0 Å². The molecule has 3 rings (SSSR count). The Morgan fingerprint density at radius 2 is 1.88 bits per heavy atom. The number of fused-ring (bicyclic) bond motifs is 1. The average molecular weight is 374 g/mol. The second-order valence-corrected chi connectivity index (χ2v) is 7.03. The second kappa shape index (κ2) is 7.89. The van der Waals surface area contributed by atoms with Gasteiger partial charge in [0, 0.05) is 27.6 Å². The molecule has 0 saturated heterocycles. The van der Waals surface area contributed by atoms with E-state index in [0.29, 0.717) is 46.3 Å². The highest BCUT2D eigenvalue weighted by molar-refractivity contribution is 7.65. The number of para-hydroxylation sites is 1. The first-order valence-corrected chi connectivity index (χ1v) is 9.47. The Morgan fingerprint density at radius 3 is 2.56 bits per heavy atom. The molecule has 25 heavy (non-hydrogen) atoms. The van der Waals surface area contributed by atoms with Crippen LogP contribution in [-0.4, -0.2) is 5.88 Å². The van der Waals surface area contributed by atoms with Crippen molar-refractivity contribution in [3.8, 4) is 11.3 Å². The fraction of sp³-hybridized carbons (Fsp3) is 0.250. The van der Waals surface area contributed by atoms with Gasteiger partial charge in [-0.3, -0.25) is 4.79 Å². The molecule has 1 aromatic heterocycles. The zero-order valence-corrected chi connectivity index (χ0v) is 15.4. The van der Waals surface area contributed by atoms with E-state index in [2.05, 4.69) is 0 Å². The lowest BCUT2D eigenvalue weighted by molar-refractivity contribution is 0.587. The Bertz CT molecular complexity index is 950. The first-order chi connectivity index (χ1) is 12.2. The van der Waals surface area contributed by atoms with Crippen LogP contribution in [0, 0.1) is 6.92 Å².